The van der Waals surface area contributed by atoms with Gasteiger partial charge in [-0.15, -0.1) is 11.3 Å². The maximum atomic E-state index is 6.51. The maximum Gasteiger partial charge on any atom is 0.227 e. The van der Waals surface area contributed by atoms with Gasteiger partial charge in [0.2, 0.25) is 11.8 Å². The first-order valence-electron chi connectivity index (χ1n) is 29.0. The van der Waals surface area contributed by atoms with Crippen LogP contribution in [-0.4, -0.2) is 19.9 Å². The zero-order chi connectivity index (χ0) is 56.5. The Morgan fingerprint density at radius 2 is 0.895 bits per heavy atom. The summed E-state index contributed by atoms with van der Waals surface area (Å²) in [5, 5.41) is 6.96. The van der Waals surface area contributed by atoms with Crippen LogP contribution in [-0.2, 0) is 5.41 Å². The summed E-state index contributed by atoms with van der Waals surface area (Å²) in [5.41, 5.74) is 22.7. The van der Waals surface area contributed by atoms with E-state index >= 15 is 0 Å². The largest absolute Gasteiger partial charge is 0.436 e. The lowest BCUT2D eigenvalue weighted by molar-refractivity contribution is 0.619. The van der Waals surface area contributed by atoms with Gasteiger partial charge in [-0.2, -0.15) is 0 Å². The summed E-state index contributed by atoms with van der Waals surface area (Å²) in [6.07, 6.45) is 3.63. The van der Waals surface area contributed by atoms with Crippen molar-refractivity contribution in [2.24, 2.45) is 0 Å². The van der Waals surface area contributed by atoms with E-state index in [4.69, 9.17) is 18.8 Å². The molecule has 0 fully saturated rings. The van der Waals surface area contributed by atoms with Gasteiger partial charge in [-0.1, -0.05) is 176 Å². The van der Waals surface area contributed by atoms with E-state index in [2.05, 4.69) is 240 Å². The van der Waals surface area contributed by atoms with E-state index in [1.165, 1.54) is 86.6 Å². The van der Waals surface area contributed by atoms with Crippen molar-refractivity contribution >= 4 is 86.3 Å². The summed E-state index contributed by atoms with van der Waals surface area (Å²) < 4.78 is 15.4. The number of fused-ring (bicyclic) bond motifs is 11. The number of benzene rings is 12. The molecule has 7 heteroatoms. The van der Waals surface area contributed by atoms with Crippen molar-refractivity contribution in [2.45, 2.75) is 5.41 Å². The van der Waals surface area contributed by atoms with Crippen LogP contribution >= 0.6 is 11.3 Å². The molecule has 0 aliphatic heterocycles. The second-order valence-electron chi connectivity index (χ2n) is 22.4. The number of pyridine rings is 2. The highest BCUT2D eigenvalue weighted by Crippen LogP contribution is 2.58. The molecule has 0 saturated heterocycles. The van der Waals surface area contributed by atoms with Crippen molar-refractivity contribution in [3.63, 3.8) is 0 Å². The zero-order valence-corrected chi connectivity index (χ0v) is 46.9. The van der Waals surface area contributed by atoms with Crippen molar-refractivity contribution < 1.29 is 8.83 Å². The molecule has 1 aliphatic rings. The van der Waals surface area contributed by atoms with E-state index in [1.54, 1.807) is 0 Å². The molecular formula is C79H46N4O2S. The molecule has 18 rings (SSSR count). The van der Waals surface area contributed by atoms with Crippen LogP contribution in [0, 0.1) is 0 Å². The second-order valence-corrected chi connectivity index (χ2v) is 23.4. The fraction of sp³-hybridized carbons (Fsp3) is 0.0127. The number of hydrogen-bond donors (Lipinski definition) is 0. The Hall–Kier alpha value is -11.1. The van der Waals surface area contributed by atoms with Crippen molar-refractivity contribution in [1.29, 1.82) is 0 Å². The minimum Gasteiger partial charge on any atom is -0.436 e. The topological polar surface area (TPSA) is 77.8 Å². The van der Waals surface area contributed by atoms with Crippen LogP contribution in [0.3, 0.4) is 0 Å². The van der Waals surface area contributed by atoms with Crippen molar-refractivity contribution in [3.05, 3.63) is 302 Å². The molecule has 0 saturated carbocycles. The molecule has 1 unspecified atom stereocenters. The molecule has 0 amide bonds. The molecular weight excluding hydrogens is 1070 g/mol. The van der Waals surface area contributed by atoms with Gasteiger partial charge >= 0.3 is 0 Å². The monoisotopic (exact) mass is 1110 g/mol. The normalized spacial score (nSPS) is 13.9. The Balaban J connectivity index is 0.760. The van der Waals surface area contributed by atoms with Crippen molar-refractivity contribution in [3.8, 4) is 78.5 Å². The molecule has 0 radical (unpaired) electrons. The Morgan fingerprint density at radius 1 is 0.314 bits per heavy atom. The Morgan fingerprint density at radius 3 is 1.71 bits per heavy atom. The minimum absolute atomic E-state index is 0.588. The number of aromatic nitrogens is 4. The van der Waals surface area contributed by atoms with Crippen LogP contribution in [0.25, 0.3) is 153 Å². The molecule has 0 spiro atoms. The third kappa shape index (κ3) is 7.45. The molecule has 1 atom stereocenters. The van der Waals surface area contributed by atoms with Crippen LogP contribution in [0.1, 0.15) is 22.3 Å². The number of hydrogen-bond acceptors (Lipinski definition) is 7. The molecule has 0 bridgehead atoms. The molecule has 12 aromatic carbocycles. The highest BCUT2D eigenvalue weighted by molar-refractivity contribution is 7.26. The quantitative estimate of drug-likeness (QED) is 0.151. The molecule has 5 heterocycles. The van der Waals surface area contributed by atoms with Crippen LogP contribution in [0.15, 0.2) is 288 Å². The van der Waals surface area contributed by atoms with Gasteiger partial charge < -0.3 is 8.83 Å². The van der Waals surface area contributed by atoms with Gasteiger partial charge in [-0.05, 0) is 174 Å². The van der Waals surface area contributed by atoms with E-state index in [1.807, 2.05) is 60.1 Å². The number of rotatable bonds is 8. The van der Waals surface area contributed by atoms with Gasteiger partial charge in [0.25, 0.3) is 0 Å². The highest BCUT2D eigenvalue weighted by Gasteiger charge is 2.46. The predicted molar refractivity (Wildman–Crippen MR) is 352 cm³/mol. The van der Waals surface area contributed by atoms with E-state index in [9.17, 15) is 0 Å². The van der Waals surface area contributed by atoms with Crippen molar-refractivity contribution in [1.82, 2.24) is 19.9 Å². The predicted octanol–water partition coefficient (Wildman–Crippen LogP) is 21.0. The third-order valence-corrected chi connectivity index (χ3v) is 18.9. The van der Waals surface area contributed by atoms with Gasteiger partial charge in [0, 0.05) is 60.0 Å². The van der Waals surface area contributed by atoms with Gasteiger partial charge in [0.15, 0.2) is 11.2 Å². The average molecular weight is 1120 g/mol. The van der Waals surface area contributed by atoms with Gasteiger partial charge in [0.1, 0.15) is 11.0 Å². The standard InChI is InChI=1S/C79H46N4O2S/c1-2-16-55(17-3-1)79(66-23-8-6-21-62(66)63-30-25-47(44-67(63)79)48-29-38-72-71(45-48)83-78(84-72)54-28-36-69-52(42-54)15-12-40-81-69)56-18-10-13-49(43-56)58-32-34-64(76-75(58)65-22-7-9-24-74(65)86-76)61-33-31-57(59-19-4-5-20-60(59)61)50-26-37-70-73(46-50)85-77(82-70)53-27-35-68-51(41-53)14-11-39-80-68/h1-46H. The summed E-state index contributed by atoms with van der Waals surface area (Å²) in [6.45, 7) is 0. The fourth-order valence-electron chi connectivity index (χ4n) is 13.8. The summed E-state index contributed by atoms with van der Waals surface area (Å²) in [4.78, 5) is 19.0. The molecule has 17 aromatic rings. The van der Waals surface area contributed by atoms with E-state index in [0.717, 1.165) is 77.4 Å². The summed E-state index contributed by atoms with van der Waals surface area (Å²) in [7, 11) is 0. The van der Waals surface area contributed by atoms with Gasteiger partial charge in [0.05, 0.1) is 16.4 Å². The molecule has 6 nitrogen and oxygen atoms in total. The van der Waals surface area contributed by atoms with Crippen LogP contribution in [0.2, 0.25) is 0 Å². The molecule has 1 aliphatic carbocycles. The summed E-state index contributed by atoms with van der Waals surface area (Å²) in [5.74, 6) is 1.18. The lowest BCUT2D eigenvalue weighted by Gasteiger charge is -2.34. The summed E-state index contributed by atoms with van der Waals surface area (Å²) in [6, 6.07) is 96.6. The number of thiophene rings is 1. The second kappa shape index (κ2) is 19.0. The molecule has 0 N–H and O–H groups in total. The van der Waals surface area contributed by atoms with Crippen LogP contribution in [0.4, 0.5) is 0 Å². The van der Waals surface area contributed by atoms with E-state index in [0.29, 0.717) is 11.8 Å². The third-order valence-electron chi connectivity index (χ3n) is 17.7. The lowest BCUT2D eigenvalue weighted by Crippen LogP contribution is -2.28. The minimum atomic E-state index is -0.652. The SMILES string of the molecule is c1ccc(C2(c3cccc(-c4ccc(-c5ccc(-c6ccc7nc(-c8ccc9ncccc9c8)oc7c6)c6ccccc56)c5sc6ccccc6c45)c3)c3ccccc3-c3ccc(-c4ccc5oc(-c6ccc7ncccc7c6)nc5c4)cc32)cc1. The molecule has 400 valence electrons. The van der Waals surface area contributed by atoms with Crippen molar-refractivity contribution in [2.75, 3.05) is 0 Å². The fourth-order valence-corrected chi connectivity index (χ4v) is 15.0. The molecule has 86 heavy (non-hydrogen) atoms. The van der Waals surface area contributed by atoms with Crippen LogP contribution in [0.5, 0.6) is 0 Å². The van der Waals surface area contributed by atoms with Gasteiger partial charge in [-0.25, -0.2) is 9.97 Å². The Bertz CT molecular complexity index is 5640. The van der Waals surface area contributed by atoms with Crippen LogP contribution < -0.4 is 0 Å². The van der Waals surface area contributed by atoms with E-state index < -0.39 is 5.41 Å². The van der Waals surface area contributed by atoms with E-state index in [-0.39, 0.29) is 0 Å². The zero-order valence-electron chi connectivity index (χ0n) is 46.1. The molecule has 5 aromatic heterocycles. The first-order chi connectivity index (χ1) is 42.6. The lowest BCUT2D eigenvalue weighted by atomic mass is 9.67. The average Bonchev–Trinajstić information content (AvgIpc) is 1.85. The highest BCUT2D eigenvalue weighted by atomic mass is 32.1. The maximum absolute atomic E-state index is 6.51. The van der Waals surface area contributed by atoms with Gasteiger partial charge in [-0.3, -0.25) is 9.97 Å². The smallest absolute Gasteiger partial charge is 0.227 e. The summed E-state index contributed by atoms with van der Waals surface area (Å²) >= 11 is 1.88. The Labute approximate surface area is 497 Å². The Kier molecular flexibility index (Phi) is 10.7. The number of oxazole rings is 2. The number of nitrogens with zero attached hydrogens (tertiary/aromatic N) is 4. The first-order valence-corrected chi connectivity index (χ1v) is 29.8. The first kappa shape index (κ1) is 48.4.